The lowest BCUT2D eigenvalue weighted by molar-refractivity contribution is 0.0953. The van der Waals surface area contributed by atoms with Crippen LogP contribution in [0.1, 0.15) is 60.9 Å². The summed E-state index contributed by atoms with van der Waals surface area (Å²) in [4.78, 5) is 20.5. The van der Waals surface area contributed by atoms with E-state index in [1.165, 1.54) is 37.7 Å². The normalized spacial score (nSPS) is 14.5. The van der Waals surface area contributed by atoms with Gasteiger partial charge in [0.15, 0.2) is 5.16 Å². The van der Waals surface area contributed by atoms with Crippen LogP contribution in [0.5, 0.6) is 0 Å². The number of H-pyrrole nitrogens is 1. The molecule has 182 valence electrons. The number of nitrogens with one attached hydrogen (secondary N) is 4. The van der Waals surface area contributed by atoms with Crippen LogP contribution in [0.2, 0.25) is 0 Å². The van der Waals surface area contributed by atoms with Crippen LogP contribution < -0.4 is 16.0 Å². The number of carbonyl (C=O) groups is 1. The number of benzene rings is 2. The molecule has 1 amide bonds. The third-order valence-corrected chi connectivity index (χ3v) is 7.29. The second-order valence-electron chi connectivity index (χ2n) is 9.05. The zero-order chi connectivity index (χ0) is 23.4. The number of hydrogen-bond donors (Lipinski definition) is 4. The molecule has 6 nitrogen and oxygen atoms in total. The number of fused-ring (bicyclic) bond motifs is 1. The van der Waals surface area contributed by atoms with Gasteiger partial charge in [0.1, 0.15) is 0 Å². The lowest BCUT2D eigenvalue weighted by Gasteiger charge is -2.22. The third kappa shape index (κ3) is 7.86. The number of unbranched alkanes of at least 4 members (excludes halogenated alkanes) is 1. The van der Waals surface area contributed by atoms with Gasteiger partial charge in [-0.2, -0.15) is 0 Å². The number of imidazole rings is 1. The maximum atomic E-state index is 12.6. The minimum Gasteiger partial charge on any atom is -0.352 e. The minimum absolute atomic E-state index is 0.0281. The van der Waals surface area contributed by atoms with Gasteiger partial charge in [0.05, 0.1) is 11.0 Å². The summed E-state index contributed by atoms with van der Waals surface area (Å²) in [6.45, 7) is 3.74. The van der Waals surface area contributed by atoms with E-state index in [9.17, 15) is 4.79 Å². The predicted octanol–water partition coefficient (Wildman–Crippen LogP) is 4.88. The smallest absolute Gasteiger partial charge is 0.251 e. The first-order valence-electron chi connectivity index (χ1n) is 12.7. The number of carbonyl (C=O) groups excluding carboxylic acids is 1. The Labute approximate surface area is 207 Å². The number of hydrogen-bond acceptors (Lipinski definition) is 5. The second kappa shape index (κ2) is 13.5. The topological polar surface area (TPSA) is 81.8 Å². The Morgan fingerprint density at radius 3 is 2.65 bits per heavy atom. The van der Waals surface area contributed by atoms with Gasteiger partial charge in [-0.1, -0.05) is 61.4 Å². The van der Waals surface area contributed by atoms with Crippen molar-refractivity contribution in [2.45, 2.75) is 61.9 Å². The Morgan fingerprint density at radius 1 is 0.971 bits per heavy atom. The highest BCUT2D eigenvalue weighted by Gasteiger charge is 2.12. The van der Waals surface area contributed by atoms with Crippen molar-refractivity contribution in [2.24, 2.45) is 0 Å². The van der Waals surface area contributed by atoms with Crippen LogP contribution in [0.25, 0.3) is 11.0 Å². The van der Waals surface area contributed by atoms with Crippen LogP contribution in [-0.2, 0) is 5.75 Å². The van der Waals surface area contributed by atoms with Crippen molar-refractivity contribution in [3.63, 3.8) is 0 Å². The highest BCUT2D eigenvalue weighted by molar-refractivity contribution is 7.98. The monoisotopic (exact) mass is 479 g/mol. The molecule has 1 saturated carbocycles. The molecule has 2 aromatic carbocycles. The zero-order valence-electron chi connectivity index (χ0n) is 19.9. The number of nitrogens with zero attached hydrogens (tertiary/aromatic N) is 1. The largest absolute Gasteiger partial charge is 0.352 e. The molecule has 1 aliphatic carbocycles. The molecule has 0 radical (unpaired) electrons. The third-order valence-electron chi connectivity index (χ3n) is 6.35. The summed E-state index contributed by atoms with van der Waals surface area (Å²) in [5.74, 6) is 0.833. The quantitative estimate of drug-likeness (QED) is 0.208. The molecule has 1 fully saturated rings. The lowest BCUT2D eigenvalue weighted by atomic mass is 9.95. The maximum Gasteiger partial charge on any atom is 0.251 e. The molecule has 0 saturated heterocycles. The van der Waals surface area contributed by atoms with Gasteiger partial charge in [0, 0.05) is 37.0 Å². The van der Waals surface area contributed by atoms with Crippen molar-refractivity contribution >= 4 is 28.7 Å². The van der Waals surface area contributed by atoms with Gasteiger partial charge in [-0.3, -0.25) is 4.79 Å². The van der Waals surface area contributed by atoms with E-state index in [2.05, 4.69) is 38.1 Å². The van der Waals surface area contributed by atoms with Gasteiger partial charge in [-0.05, 0) is 56.0 Å². The van der Waals surface area contributed by atoms with E-state index in [1.807, 2.05) is 36.4 Å². The van der Waals surface area contributed by atoms with E-state index in [0.29, 0.717) is 12.1 Å². The molecule has 0 atom stereocenters. The first-order chi connectivity index (χ1) is 16.8. The second-order valence-corrected chi connectivity index (χ2v) is 10.0. The van der Waals surface area contributed by atoms with Crippen molar-refractivity contribution in [1.82, 2.24) is 25.9 Å². The van der Waals surface area contributed by atoms with Gasteiger partial charge in [-0.15, -0.1) is 0 Å². The minimum atomic E-state index is -0.0281. The molecule has 1 aromatic heterocycles. The van der Waals surface area contributed by atoms with Crippen LogP contribution in [0.3, 0.4) is 0 Å². The highest BCUT2D eigenvalue weighted by atomic mass is 32.2. The fraction of sp³-hybridized carbons (Fsp3) is 0.481. The Morgan fingerprint density at radius 2 is 1.79 bits per heavy atom. The molecular formula is C27H37N5OS. The van der Waals surface area contributed by atoms with E-state index in [0.717, 1.165) is 60.5 Å². The summed E-state index contributed by atoms with van der Waals surface area (Å²) in [6.07, 6.45) is 8.86. The van der Waals surface area contributed by atoms with Gasteiger partial charge in [-0.25, -0.2) is 4.98 Å². The first-order valence-corrected chi connectivity index (χ1v) is 13.7. The summed E-state index contributed by atoms with van der Waals surface area (Å²) < 4.78 is 0. The Hall–Kier alpha value is -2.35. The molecule has 3 aromatic rings. The molecule has 0 aliphatic heterocycles. The fourth-order valence-electron chi connectivity index (χ4n) is 4.40. The van der Waals surface area contributed by atoms with Crippen LogP contribution in [0.15, 0.2) is 53.7 Å². The van der Waals surface area contributed by atoms with E-state index in [4.69, 9.17) is 0 Å². The van der Waals surface area contributed by atoms with Crippen molar-refractivity contribution in [3.8, 4) is 0 Å². The van der Waals surface area contributed by atoms with Crippen molar-refractivity contribution < 1.29 is 4.79 Å². The average Bonchev–Trinajstić information content (AvgIpc) is 3.30. The standard InChI is InChI=1S/C27H37N5OS/c33-26(30-16-8-7-15-28-17-18-29-23-11-5-2-6-12-23)22-13-14-24-25(19-22)32-27(31-24)34-20-21-9-3-1-4-10-21/h1,3-4,9-10,13-14,19,23,28-29H,2,5-8,11-12,15-18,20H2,(H,30,33)(H,31,32). The summed E-state index contributed by atoms with van der Waals surface area (Å²) in [5.41, 5.74) is 3.72. The zero-order valence-corrected chi connectivity index (χ0v) is 20.8. The van der Waals surface area contributed by atoms with Crippen LogP contribution >= 0.6 is 11.8 Å². The SMILES string of the molecule is O=C(NCCCCNCCNC1CCCCC1)c1ccc2nc(SCc3ccccc3)[nH]c2c1. The molecule has 0 spiro atoms. The molecule has 0 bridgehead atoms. The number of aromatic amines is 1. The first kappa shape index (κ1) is 24.8. The molecule has 1 aliphatic rings. The number of rotatable bonds is 13. The van der Waals surface area contributed by atoms with E-state index in [-0.39, 0.29) is 5.91 Å². The van der Waals surface area contributed by atoms with E-state index < -0.39 is 0 Å². The molecule has 34 heavy (non-hydrogen) atoms. The van der Waals surface area contributed by atoms with Crippen LogP contribution in [-0.4, -0.2) is 48.1 Å². The van der Waals surface area contributed by atoms with E-state index in [1.54, 1.807) is 11.8 Å². The van der Waals surface area contributed by atoms with Crippen molar-refractivity contribution in [1.29, 1.82) is 0 Å². The molecule has 1 heterocycles. The number of aromatic nitrogens is 2. The fourth-order valence-corrected chi connectivity index (χ4v) is 5.24. The van der Waals surface area contributed by atoms with E-state index >= 15 is 0 Å². The van der Waals surface area contributed by atoms with Crippen molar-refractivity contribution in [3.05, 3.63) is 59.7 Å². The Bertz CT molecular complexity index is 1020. The molecule has 7 heteroatoms. The highest BCUT2D eigenvalue weighted by Crippen LogP contribution is 2.23. The van der Waals surface area contributed by atoms with Gasteiger partial charge >= 0.3 is 0 Å². The average molecular weight is 480 g/mol. The summed E-state index contributed by atoms with van der Waals surface area (Å²) in [5, 5.41) is 11.1. The van der Waals surface area contributed by atoms with Gasteiger partial charge in [0.25, 0.3) is 5.91 Å². The molecule has 4 N–H and O–H groups in total. The molecule has 0 unspecified atom stereocenters. The maximum absolute atomic E-state index is 12.6. The summed E-state index contributed by atoms with van der Waals surface area (Å²) in [7, 11) is 0. The van der Waals surface area contributed by atoms with Gasteiger partial charge in [0.2, 0.25) is 0 Å². The number of amides is 1. The predicted molar refractivity (Wildman–Crippen MR) is 141 cm³/mol. The molecule has 4 rings (SSSR count). The van der Waals surface area contributed by atoms with Crippen molar-refractivity contribution in [2.75, 3.05) is 26.2 Å². The number of thioether (sulfide) groups is 1. The van der Waals surface area contributed by atoms with Gasteiger partial charge < -0.3 is 20.9 Å². The van der Waals surface area contributed by atoms with Crippen LogP contribution in [0, 0.1) is 0 Å². The summed E-state index contributed by atoms with van der Waals surface area (Å²) >= 11 is 1.67. The Balaban J connectivity index is 1.11. The molecular weight excluding hydrogens is 442 g/mol. The van der Waals surface area contributed by atoms with Crippen LogP contribution in [0.4, 0.5) is 0 Å². The Kier molecular flexibility index (Phi) is 9.84. The lowest BCUT2D eigenvalue weighted by Crippen LogP contribution is -2.36. The summed E-state index contributed by atoms with van der Waals surface area (Å²) in [6, 6.07) is 16.7.